The number of imidazole rings is 1. The van der Waals surface area contributed by atoms with Gasteiger partial charge < -0.3 is 14.0 Å². The number of aromatic nitrogens is 4. The average Bonchev–Trinajstić information content (AvgIpc) is 3.78. The second-order valence-corrected chi connectivity index (χ2v) is 14.9. The maximum atomic E-state index is 6.50. The largest absolute Gasteiger partial charge is 0.501 e. The van der Waals surface area contributed by atoms with Gasteiger partial charge in [0.05, 0.1) is 33.8 Å². The van der Waals surface area contributed by atoms with E-state index in [1.165, 1.54) is 27.9 Å². The van der Waals surface area contributed by atoms with Gasteiger partial charge in [-0.2, -0.15) is 0 Å². The molecule has 5 aromatic carbocycles. The molecule has 0 bridgehead atoms. The zero-order valence-corrected chi connectivity index (χ0v) is 35.2. The van der Waals surface area contributed by atoms with Crippen LogP contribution in [0.5, 0.6) is 0 Å². The molecule has 9 rings (SSSR count). The summed E-state index contributed by atoms with van der Waals surface area (Å²) in [4.78, 5) is 14.7. The number of para-hydroxylation sites is 2. The Bertz CT molecular complexity index is 2710. The summed E-state index contributed by atoms with van der Waals surface area (Å²) in [7, 11) is 0. The van der Waals surface area contributed by atoms with Gasteiger partial charge in [-0.25, -0.2) is 0 Å². The Morgan fingerprint density at radius 2 is 1.38 bits per heavy atom. The SMILES string of the molecule is Cc1c[c-]c(-c2ccc(C)cn2)cc1.Cc1nc(-c2ccccc2)cc2c1nc(-c1[c-]ccc3c1oc1ccccc13)n2-c1c(C(C)C)cccc1C(C)C.[Ir]. The summed E-state index contributed by atoms with van der Waals surface area (Å²) in [6.45, 7) is 15.2. The molecule has 0 atom stereocenters. The normalized spacial score (nSPS) is 11.3. The van der Waals surface area contributed by atoms with Crippen molar-refractivity contribution < 1.29 is 24.5 Å². The van der Waals surface area contributed by atoms with Crippen LogP contribution in [-0.4, -0.2) is 19.5 Å². The predicted octanol–water partition coefficient (Wildman–Crippen LogP) is 13.2. The Balaban J connectivity index is 0.000000271. The third kappa shape index (κ3) is 7.35. The molecular formula is C50H44IrN4O-2. The van der Waals surface area contributed by atoms with Crippen molar-refractivity contribution in [3.63, 3.8) is 0 Å². The van der Waals surface area contributed by atoms with E-state index in [1.54, 1.807) is 0 Å². The van der Waals surface area contributed by atoms with Crippen molar-refractivity contribution in [3.05, 3.63) is 168 Å². The molecule has 0 unspecified atom stereocenters. The zero-order chi connectivity index (χ0) is 38.2. The molecule has 4 heterocycles. The molecule has 0 amide bonds. The molecular weight excluding hydrogens is 865 g/mol. The van der Waals surface area contributed by atoms with E-state index < -0.39 is 0 Å². The first kappa shape index (κ1) is 38.6. The van der Waals surface area contributed by atoms with Gasteiger partial charge in [-0.05, 0) is 60.2 Å². The average molecular weight is 909 g/mol. The number of aryl methyl sites for hydroxylation is 3. The molecule has 4 aromatic heterocycles. The van der Waals surface area contributed by atoms with Gasteiger partial charge in [-0.15, -0.1) is 53.6 Å². The Morgan fingerprint density at radius 3 is 2.05 bits per heavy atom. The summed E-state index contributed by atoms with van der Waals surface area (Å²) >= 11 is 0. The number of rotatable bonds is 6. The first-order valence-electron chi connectivity index (χ1n) is 19.0. The van der Waals surface area contributed by atoms with Crippen LogP contribution in [0.2, 0.25) is 0 Å². The van der Waals surface area contributed by atoms with Crippen molar-refractivity contribution in [2.24, 2.45) is 0 Å². The molecule has 0 N–H and O–H groups in total. The topological polar surface area (TPSA) is 56.7 Å². The number of furan rings is 1. The fourth-order valence-corrected chi connectivity index (χ4v) is 7.29. The Labute approximate surface area is 342 Å². The van der Waals surface area contributed by atoms with Gasteiger partial charge >= 0.3 is 0 Å². The summed E-state index contributed by atoms with van der Waals surface area (Å²) < 4.78 is 8.85. The van der Waals surface area contributed by atoms with Gasteiger partial charge in [0, 0.05) is 42.9 Å². The number of benzene rings is 5. The van der Waals surface area contributed by atoms with E-state index in [-0.39, 0.29) is 20.1 Å². The van der Waals surface area contributed by atoms with Crippen LogP contribution in [-0.2, 0) is 20.1 Å². The number of pyridine rings is 2. The van der Waals surface area contributed by atoms with Crippen LogP contribution >= 0.6 is 0 Å². The van der Waals surface area contributed by atoms with Gasteiger partial charge in [0.25, 0.3) is 0 Å². The summed E-state index contributed by atoms with van der Waals surface area (Å²) in [5.41, 5.74) is 15.5. The van der Waals surface area contributed by atoms with E-state index in [4.69, 9.17) is 14.4 Å². The van der Waals surface area contributed by atoms with Crippen molar-refractivity contribution >= 4 is 33.0 Å². The molecule has 0 aliphatic rings. The van der Waals surface area contributed by atoms with Gasteiger partial charge in [0.2, 0.25) is 0 Å². The summed E-state index contributed by atoms with van der Waals surface area (Å²) in [6, 6.07) is 48.4. The van der Waals surface area contributed by atoms with Crippen LogP contribution in [0.25, 0.3) is 72.6 Å². The molecule has 0 saturated heterocycles. The molecule has 0 spiro atoms. The minimum atomic E-state index is 0. The number of hydrogen-bond donors (Lipinski definition) is 0. The van der Waals surface area contributed by atoms with E-state index in [0.29, 0.717) is 11.8 Å². The van der Waals surface area contributed by atoms with Crippen LogP contribution in [0, 0.1) is 32.9 Å². The fraction of sp³-hybridized carbons (Fsp3) is 0.180. The van der Waals surface area contributed by atoms with E-state index in [1.807, 2.05) is 55.6 Å². The van der Waals surface area contributed by atoms with Gasteiger partial charge in [0.15, 0.2) is 0 Å². The van der Waals surface area contributed by atoms with Crippen molar-refractivity contribution in [1.82, 2.24) is 19.5 Å². The number of hydrogen-bond acceptors (Lipinski definition) is 4. The van der Waals surface area contributed by atoms with Gasteiger partial charge in [-0.1, -0.05) is 124 Å². The Hall–Kier alpha value is -5.68. The molecule has 56 heavy (non-hydrogen) atoms. The van der Waals surface area contributed by atoms with Crippen LogP contribution in [0.4, 0.5) is 0 Å². The third-order valence-electron chi connectivity index (χ3n) is 10.2. The first-order valence-corrected chi connectivity index (χ1v) is 19.0. The Kier molecular flexibility index (Phi) is 11.2. The molecule has 0 fully saturated rings. The maximum absolute atomic E-state index is 6.50. The fourth-order valence-electron chi connectivity index (χ4n) is 7.29. The molecule has 0 saturated carbocycles. The van der Waals surface area contributed by atoms with Crippen LogP contribution in [0.1, 0.15) is 67.5 Å². The first-order chi connectivity index (χ1) is 26.7. The second-order valence-electron chi connectivity index (χ2n) is 14.9. The maximum Gasteiger partial charge on any atom is 0.120 e. The van der Waals surface area contributed by atoms with Crippen LogP contribution < -0.4 is 0 Å². The standard InChI is InChI=1S/C37H32N3O.C13H12N.Ir/c1-22(2)26-16-11-17-27(23(3)4)35(26)40-32-21-31(25-13-7-6-8-14-25)38-24(5)34(32)39-37(40)30-19-12-18-29-28-15-9-10-20-33(28)41-36(29)30;1-10-3-6-12(7-4-10)13-8-5-11(2)9-14-13;/h6-18,20-23H,1-5H3;3-6,8-9H,1-2H3;/q2*-1;. The minimum absolute atomic E-state index is 0. The van der Waals surface area contributed by atoms with E-state index in [9.17, 15) is 0 Å². The van der Waals surface area contributed by atoms with E-state index in [2.05, 4.69) is 142 Å². The Morgan fingerprint density at radius 1 is 0.661 bits per heavy atom. The predicted molar refractivity (Wildman–Crippen MR) is 227 cm³/mol. The second kappa shape index (κ2) is 16.2. The number of nitrogens with zero attached hydrogens (tertiary/aromatic N) is 4. The van der Waals surface area contributed by atoms with Crippen molar-refractivity contribution in [2.45, 2.75) is 60.3 Å². The van der Waals surface area contributed by atoms with Crippen molar-refractivity contribution in [3.8, 4) is 39.6 Å². The van der Waals surface area contributed by atoms with Crippen molar-refractivity contribution in [1.29, 1.82) is 0 Å². The van der Waals surface area contributed by atoms with E-state index >= 15 is 0 Å². The monoisotopic (exact) mass is 909 g/mol. The van der Waals surface area contributed by atoms with E-state index in [0.717, 1.165) is 72.6 Å². The smallest absolute Gasteiger partial charge is 0.120 e. The molecule has 6 heteroatoms. The molecule has 0 aliphatic carbocycles. The molecule has 281 valence electrons. The summed E-state index contributed by atoms with van der Waals surface area (Å²) in [5.74, 6) is 1.45. The molecule has 5 nitrogen and oxygen atoms in total. The van der Waals surface area contributed by atoms with Gasteiger partial charge in [0.1, 0.15) is 5.58 Å². The van der Waals surface area contributed by atoms with Crippen molar-refractivity contribution in [2.75, 3.05) is 0 Å². The van der Waals surface area contributed by atoms with Crippen LogP contribution in [0.15, 0.2) is 132 Å². The molecule has 1 radical (unpaired) electrons. The van der Waals surface area contributed by atoms with Crippen LogP contribution in [0.3, 0.4) is 0 Å². The molecule has 0 aliphatic heterocycles. The quantitative estimate of drug-likeness (QED) is 0.156. The summed E-state index contributed by atoms with van der Waals surface area (Å²) in [5, 5.41) is 2.16. The van der Waals surface area contributed by atoms with Gasteiger partial charge in [-0.3, -0.25) is 9.97 Å². The third-order valence-corrected chi connectivity index (χ3v) is 10.2. The minimum Gasteiger partial charge on any atom is -0.501 e. The summed E-state index contributed by atoms with van der Waals surface area (Å²) in [6.07, 6.45) is 1.88. The zero-order valence-electron chi connectivity index (χ0n) is 32.8. The number of fused-ring (bicyclic) bond motifs is 4. The molecule has 9 aromatic rings.